The second-order valence-corrected chi connectivity index (χ2v) is 4.75. The second kappa shape index (κ2) is 6.19. The first kappa shape index (κ1) is 14.7. The second-order valence-electron chi connectivity index (χ2n) is 4.75. The molecule has 8 heteroatoms. The van der Waals surface area contributed by atoms with Crippen molar-refractivity contribution in [1.82, 2.24) is 15.1 Å². The lowest BCUT2D eigenvalue weighted by molar-refractivity contribution is -0.180. The van der Waals surface area contributed by atoms with Gasteiger partial charge in [-0.05, 0) is 0 Å². The van der Waals surface area contributed by atoms with Gasteiger partial charge >= 0.3 is 5.97 Å². The lowest BCUT2D eigenvalue weighted by Crippen LogP contribution is -2.70. The number of nitrogens with one attached hydrogen (secondary N) is 1. The van der Waals surface area contributed by atoms with Gasteiger partial charge in [-0.1, -0.05) is 0 Å². The van der Waals surface area contributed by atoms with E-state index in [0.717, 1.165) is 0 Å². The highest BCUT2D eigenvalue weighted by Gasteiger charge is 2.55. The predicted molar refractivity (Wildman–Crippen MR) is 67.8 cm³/mol. The third kappa shape index (κ3) is 2.36. The summed E-state index contributed by atoms with van der Waals surface area (Å²) in [5.74, 6) is -1.19. The number of carbonyl (C=O) groups is 3. The first-order valence-corrected chi connectivity index (χ1v) is 6.55. The third-order valence-electron chi connectivity index (χ3n) is 3.69. The molecule has 2 heterocycles. The predicted octanol–water partition coefficient (Wildman–Crippen LogP) is -2.18. The largest absolute Gasteiger partial charge is 0.467 e. The lowest BCUT2D eigenvalue weighted by Gasteiger charge is -2.44. The van der Waals surface area contributed by atoms with Crippen molar-refractivity contribution in [2.45, 2.75) is 5.54 Å². The van der Waals surface area contributed by atoms with Crippen LogP contribution in [0.3, 0.4) is 0 Å². The highest BCUT2D eigenvalue weighted by Crippen LogP contribution is 2.24. The fraction of sp³-hybridized carbons (Fsp3) is 0.750. The van der Waals surface area contributed by atoms with E-state index in [9.17, 15) is 14.4 Å². The third-order valence-corrected chi connectivity index (χ3v) is 3.69. The molecule has 1 unspecified atom stereocenters. The Morgan fingerprint density at radius 2 is 2.00 bits per heavy atom. The van der Waals surface area contributed by atoms with E-state index in [2.05, 4.69) is 5.32 Å². The van der Waals surface area contributed by atoms with Crippen LogP contribution in [0.25, 0.3) is 0 Å². The van der Waals surface area contributed by atoms with Crippen molar-refractivity contribution in [3.05, 3.63) is 0 Å². The normalized spacial score (nSPS) is 27.1. The molecule has 2 rings (SSSR count). The Hall–Kier alpha value is -1.67. The number of morpholine rings is 1. The lowest BCUT2D eigenvalue weighted by atomic mass is 9.94. The molecule has 8 nitrogen and oxygen atoms in total. The zero-order valence-corrected chi connectivity index (χ0v) is 11.5. The van der Waals surface area contributed by atoms with E-state index < -0.39 is 17.4 Å². The summed E-state index contributed by atoms with van der Waals surface area (Å²) in [5.41, 5.74) is -1.69. The van der Waals surface area contributed by atoms with E-state index >= 15 is 0 Å². The van der Waals surface area contributed by atoms with Crippen LogP contribution in [0, 0.1) is 0 Å². The van der Waals surface area contributed by atoms with Crippen molar-refractivity contribution in [3.63, 3.8) is 0 Å². The maximum absolute atomic E-state index is 12.8. The minimum Gasteiger partial charge on any atom is -0.467 e. The van der Waals surface area contributed by atoms with Gasteiger partial charge in [0.1, 0.15) is 0 Å². The standard InChI is InChI=1S/C12H19N3O5/c1-19-11(18)12(8-20-7-6-15(12)9-16)10(17)14-4-2-13-3-5-14/h9,13H,2-8H2,1H3. The quantitative estimate of drug-likeness (QED) is 0.360. The van der Waals surface area contributed by atoms with Crippen LogP contribution in [0.5, 0.6) is 0 Å². The van der Waals surface area contributed by atoms with Crippen LogP contribution in [0.15, 0.2) is 0 Å². The van der Waals surface area contributed by atoms with Crippen LogP contribution >= 0.6 is 0 Å². The molecule has 1 N–H and O–H groups in total. The summed E-state index contributed by atoms with van der Waals surface area (Å²) in [5, 5.41) is 3.13. The molecule has 0 aromatic rings. The summed E-state index contributed by atoms with van der Waals surface area (Å²) in [6.07, 6.45) is 0.513. The van der Waals surface area contributed by atoms with Gasteiger partial charge in [0.2, 0.25) is 11.9 Å². The topological polar surface area (TPSA) is 88.2 Å². The van der Waals surface area contributed by atoms with Crippen LogP contribution in [-0.4, -0.2) is 86.7 Å². The SMILES string of the molecule is COC(=O)C1(C(=O)N2CCNCC2)COCCN1C=O. The number of rotatable bonds is 3. The molecule has 2 amide bonds. The molecule has 0 radical (unpaired) electrons. The van der Waals surface area contributed by atoms with E-state index in [4.69, 9.17) is 9.47 Å². The summed E-state index contributed by atoms with van der Waals surface area (Å²) < 4.78 is 10.0. The van der Waals surface area contributed by atoms with E-state index in [1.54, 1.807) is 4.90 Å². The number of piperazine rings is 1. The van der Waals surface area contributed by atoms with E-state index in [1.807, 2.05) is 0 Å². The van der Waals surface area contributed by atoms with Gasteiger partial charge in [-0.15, -0.1) is 0 Å². The van der Waals surface area contributed by atoms with Crippen molar-refractivity contribution in [2.75, 3.05) is 53.0 Å². The summed E-state index contributed by atoms with van der Waals surface area (Å²) in [6.45, 7) is 2.62. The van der Waals surface area contributed by atoms with Crippen molar-refractivity contribution in [1.29, 1.82) is 0 Å². The maximum atomic E-state index is 12.8. The minimum absolute atomic E-state index is 0.166. The van der Waals surface area contributed by atoms with Crippen molar-refractivity contribution >= 4 is 18.3 Å². The Morgan fingerprint density at radius 3 is 2.60 bits per heavy atom. The zero-order chi connectivity index (χ0) is 14.6. The first-order valence-electron chi connectivity index (χ1n) is 6.55. The average molecular weight is 285 g/mol. The van der Waals surface area contributed by atoms with Crippen molar-refractivity contribution in [2.24, 2.45) is 0 Å². The van der Waals surface area contributed by atoms with Gasteiger partial charge in [0, 0.05) is 32.7 Å². The Balaban J connectivity index is 2.32. The van der Waals surface area contributed by atoms with Crippen LogP contribution in [-0.2, 0) is 23.9 Å². The maximum Gasteiger partial charge on any atom is 0.344 e. The number of methoxy groups -OCH3 is 1. The van der Waals surface area contributed by atoms with E-state index in [1.165, 1.54) is 12.0 Å². The molecule has 0 aromatic heterocycles. The number of hydrogen-bond donors (Lipinski definition) is 1. The van der Waals surface area contributed by atoms with Gasteiger partial charge in [-0.25, -0.2) is 4.79 Å². The Kier molecular flexibility index (Phi) is 4.56. The molecule has 0 bridgehead atoms. The summed E-state index contributed by atoms with van der Waals surface area (Å²) in [7, 11) is 1.20. The summed E-state index contributed by atoms with van der Waals surface area (Å²) in [4.78, 5) is 39.0. The Labute approximate surface area is 117 Å². The Morgan fingerprint density at radius 1 is 1.30 bits per heavy atom. The van der Waals surface area contributed by atoms with Crippen molar-refractivity contribution < 1.29 is 23.9 Å². The van der Waals surface area contributed by atoms with Gasteiger partial charge in [0.25, 0.3) is 5.91 Å². The van der Waals surface area contributed by atoms with Crippen LogP contribution < -0.4 is 5.32 Å². The molecule has 20 heavy (non-hydrogen) atoms. The number of esters is 1. The number of hydrogen-bond acceptors (Lipinski definition) is 6. The number of carbonyl (C=O) groups excluding carboxylic acids is 3. The van der Waals surface area contributed by atoms with Crippen LogP contribution in [0.1, 0.15) is 0 Å². The first-order chi connectivity index (χ1) is 9.66. The average Bonchev–Trinajstić information content (AvgIpc) is 2.53. The van der Waals surface area contributed by atoms with Crippen molar-refractivity contribution in [3.8, 4) is 0 Å². The highest BCUT2D eigenvalue weighted by molar-refractivity contribution is 6.09. The van der Waals surface area contributed by atoms with Gasteiger partial charge < -0.3 is 24.6 Å². The molecule has 2 aliphatic heterocycles. The summed E-state index contributed by atoms with van der Waals surface area (Å²) >= 11 is 0. The van der Waals surface area contributed by atoms with E-state index in [-0.39, 0.29) is 13.2 Å². The fourth-order valence-electron chi connectivity index (χ4n) is 2.55. The van der Waals surface area contributed by atoms with Crippen LogP contribution in [0.2, 0.25) is 0 Å². The monoisotopic (exact) mass is 285 g/mol. The molecule has 2 aliphatic rings. The number of nitrogens with zero attached hydrogens (tertiary/aromatic N) is 2. The number of amides is 2. The van der Waals surface area contributed by atoms with E-state index in [0.29, 0.717) is 39.2 Å². The Bertz CT molecular complexity index is 397. The molecule has 2 fully saturated rings. The van der Waals surface area contributed by atoms with Gasteiger partial charge in [0.05, 0.1) is 20.3 Å². The molecule has 112 valence electrons. The molecule has 1 atom stereocenters. The molecule has 2 saturated heterocycles. The highest BCUT2D eigenvalue weighted by atomic mass is 16.5. The summed E-state index contributed by atoms with van der Waals surface area (Å²) in [6, 6.07) is 0. The minimum atomic E-state index is -1.69. The molecule has 0 aromatic carbocycles. The van der Waals surface area contributed by atoms with Gasteiger partial charge in [-0.2, -0.15) is 0 Å². The molecule has 0 aliphatic carbocycles. The van der Waals surface area contributed by atoms with Crippen LogP contribution in [0.4, 0.5) is 0 Å². The van der Waals surface area contributed by atoms with Gasteiger partial charge in [0.15, 0.2) is 0 Å². The fourth-order valence-corrected chi connectivity index (χ4v) is 2.55. The molecular formula is C12H19N3O5. The van der Waals surface area contributed by atoms with Gasteiger partial charge in [-0.3, -0.25) is 9.59 Å². The smallest absolute Gasteiger partial charge is 0.344 e. The molecule has 0 spiro atoms. The molecule has 0 saturated carbocycles. The number of ether oxygens (including phenoxy) is 2. The zero-order valence-electron chi connectivity index (χ0n) is 11.5. The molecular weight excluding hydrogens is 266 g/mol.